The highest BCUT2D eigenvalue weighted by Gasteiger charge is 2.29. The summed E-state index contributed by atoms with van der Waals surface area (Å²) in [4.78, 5) is 2.53. The van der Waals surface area contributed by atoms with Crippen molar-refractivity contribution in [2.24, 2.45) is 5.41 Å². The van der Waals surface area contributed by atoms with E-state index in [0.717, 1.165) is 32.6 Å². The lowest BCUT2D eigenvalue weighted by molar-refractivity contribution is -0.182. The fourth-order valence-corrected chi connectivity index (χ4v) is 2.41. The van der Waals surface area contributed by atoms with Gasteiger partial charge in [0.2, 0.25) is 0 Å². The van der Waals surface area contributed by atoms with Gasteiger partial charge in [-0.25, -0.2) is 0 Å². The van der Waals surface area contributed by atoms with Gasteiger partial charge in [-0.05, 0) is 24.8 Å². The van der Waals surface area contributed by atoms with Crippen molar-refractivity contribution in [1.29, 1.82) is 0 Å². The first kappa shape index (κ1) is 11.4. The predicted octanol–water partition coefficient (Wildman–Crippen LogP) is 1.87. The molecular formula is C12H23NO2. The van der Waals surface area contributed by atoms with Crippen molar-refractivity contribution in [2.45, 2.75) is 39.4 Å². The fraction of sp³-hybridized carbons (Fsp3) is 1.00. The Labute approximate surface area is 92.7 Å². The molecule has 2 rings (SSSR count). The van der Waals surface area contributed by atoms with Crippen molar-refractivity contribution in [3.05, 3.63) is 0 Å². The predicted molar refractivity (Wildman–Crippen MR) is 59.8 cm³/mol. The summed E-state index contributed by atoms with van der Waals surface area (Å²) in [5.41, 5.74) is 0.508. The lowest BCUT2D eigenvalue weighted by Gasteiger charge is -2.26. The lowest BCUT2D eigenvalue weighted by Crippen LogP contribution is -2.31. The monoisotopic (exact) mass is 213 g/mol. The van der Waals surface area contributed by atoms with E-state index in [1.165, 1.54) is 19.5 Å². The Morgan fingerprint density at radius 2 is 2.00 bits per heavy atom. The molecule has 0 aromatic rings. The molecule has 2 aliphatic heterocycles. The zero-order valence-electron chi connectivity index (χ0n) is 10.00. The van der Waals surface area contributed by atoms with Gasteiger partial charge in [-0.1, -0.05) is 13.8 Å². The second kappa shape index (κ2) is 4.81. The van der Waals surface area contributed by atoms with Gasteiger partial charge in [0.1, 0.15) is 0 Å². The maximum absolute atomic E-state index is 5.54. The maximum atomic E-state index is 5.54. The Hall–Kier alpha value is -0.120. The standard InChI is InChI=1S/C12H23NO2/c1-12(2)5-7-13(10-12)6-4-11-14-8-3-9-15-11/h11H,3-10H2,1-2H3. The van der Waals surface area contributed by atoms with Gasteiger partial charge in [0.15, 0.2) is 6.29 Å². The first-order valence-corrected chi connectivity index (χ1v) is 6.11. The molecule has 0 aromatic carbocycles. The zero-order chi connectivity index (χ0) is 10.7. The molecule has 3 heteroatoms. The largest absolute Gasteiger partial charge is 0.353 e. The summed E-state index contributed by atoms with van der Waals surface area (Å²) in [6.45, 7) is 10.0. The Morgan fingerprint density at radius 3 is 2.60 bits per heavy atom. The molecule has 15 heavy (non-hydrogen) atoms. The van der Waals surface area contributed by atoms with Gasteiger partial charge in [0.05, 0.1) is 13.2 Å². The van der Waals surface area contributed by atoms with E-state index in [4.69, 9.17) is 9.47 Å². The number of ether oxygens (including phenoxy) is 2. The molecule has 2 saturated heterocycles. The van der Waals surface area contributed by atoms with Gasteiger partial charge in [-0.15, -0.1) is 0 Å². The number of rotatable bonds is 3. The second-order valence-electron chi connectivity index (χ2n) is 5.50. The first-order chi connectivity index (χ1) is 7.16. The van der Waals surface area contributed by atoms with Crippen LogP contribution >= 0.6 is 0 Å². The molecule has 0 aliphatic carbocycles. The minimum atomic E-state index is 0.0578. The first-order valence-electron chi connectivity index (χ1n) is 6.11. The Balaban J connectivity index is 1.65. The molecule has 0 N–H and O–H groups in total. The van der Waals surface area contributed by atoms with Crippen LogP contribution in [-0.2, 0) is 9.47 Å². The molecule has 2 heterocycles. The highest BCUT2D eigenvalue weighted by atomic mass is 16.7. The summed E-state index contributed by atoms with van der Waals surface area (Å²) in [5, 5.41) is 0. The van der Waals surface area contributed by atoms with Crippen molar-refractivity contribution >= 4 is 0 Å². The van der Waals surface area contributed by atoms with Crippen molar-refractivity contribution in [3.8, 4) is 0 Å². The highest BCUT2D eigenvalue weighted by molar-refractivity contribution is 4.82. The quantitative estimate of drug-likeness (QED) is 0.714. The van der Waals surface area contributed by atoms with Crippen LogP contribution in [0.5, 0.6) is 0 Å². The molecule has 0 radical (unpaired) electrons. The van der Waals surface area contributed by atoms with E-state index < -0.39 is 0 Å². The molecule has 0 aromatic heterocycles. The van der Waals surface area contributed by atoms with Crippen LogP contribution in [0.3, 0.4) is 0 Å². The molecule has 0 saturated carbocycles. The molecule has 0 atom stereocenters. The van der Waals surface area contributed by atoms with Crippen molar-refractivity contribution < 1.29 is 9.47 Å². The number of hydrogen-bond donors (Lipinski definition) is 0. The van der Waals surface area contributed by atoms with Crippen LogP contribution in [0.25, 0.3) is 0 Å². The number of hydrogen-bond acceptors (Lipinski definition) is 3. The molecule has 3 nitrogen and oxygen atoms in total. The van der Waals surface area contributed by atoms with E-state index in [9.17, 15) is 0 Å². The summed E-state index contributed by atoms with van der Waals surface area (Å²) >= 11 is 0. The Morgan fingerprint density at radius 1 is 1.27 bits per heavy atom. The second-order valence-corrected chi connectivity index (χ2v) is 5.50. The average Bonchev–Trinajstić information content (AvgIpc) is 2.57. The Bertz CT molecular complexity index is 200. The van der Waals surface area contributed by atoms with Crippen LogP contribution in [-0.4, -0.2) is 44.0 Å². The summed E-state index contributed by atoms with van der Waals surface area (Å²) in [6, 6.07) is 0. The van der Waals surface area contributed by atoms with Crippen LogP contribution in [0.2, 0.25) is 0 Å². The van der Waals surface area contributed by atoms with Crippen LogP contribution < -0.4 is 0 Å². The highest BCUT2D eigenvalue weighted by Crippen LogP contribution is 2.28. The topological polar surface area (TPSA) is 21.7 Å². The molecule has 0 bridgehead atoms. The van der Waals surface area contributed by atoms with Gasteiger partial charge >= 0.3 is 0 Å². The third kappa shape index (κ3) is 3.44. The average molecular weight is 213 g/mol. The van der Waals surface area contributed by atoms with E-state index in [2.05, 4.69) is 18.7 Å². The SMILES string of the molecule is CC1(C)CCN(CCC2OCCCO2)C1. The molecular weight excluding hydrogens is 190 g/mol. The van der Waals surface area contributed by atoms with Gasteiger partial charge in [-0.3, -0.25) is 0 Å². The number of nitrogens with zero attached hydrogens (tertiary/aromatic N) is 1. The van der Waals surface area contributed by atoms with Crippen molar-refractivity contribution in [1.82, 2.24) is 4.90 Å². The van der Waals surface area contributed by atoms with E-state index in [1.807, 2.05) is 0 Å². The minimum Gasteiger partial charge on any atom is -0.353 e. The Kier molecular flexibility index (Phi) is 3.65. The molecule has 0 amide bonds. The fourth-order valence-electron chi connectivity index (χ4n) is 2.41. The van der Waals surface area contributed by atoms with Crippen LogP contribution in [0.1, 0.15) is 33.1 Å². The summed E-state index contributed by atoms with van der Waals surface area (Å²) in [6.07, 6.45) is 3.45. The van der Waals surface area contributed by atoms with E-state index in [-0.39, 0.29) is 6.29 Å². The lowest BCUT2D eigenvalue weighted by atomic mass is 9.93. The summed E-state index contributed by atoms with van der Waals surface area (Å²) in [5.74, 6) is 0. The zero-order valence-corrected chi connectivity index (χ0v) is 10.00. The summed E-state index contributed by atoms with van der Waals surface area (Å²) in [7, 11) is 0. The molecule has 88 valence electrons. The van der Waals surface area contributed by atoms with Crippen LogP contribution in [0, 0.1) is 5.41 Å². The van der Waals surface area contributed by atoms with E-state index >= 15 is 0 Å². The third-order valence-electron chi connectivity index (χ3n) is 3.33. The third-order valence-corrected chi connectivity index (χ3v) is 3.33. The van der Waals surface area contributed by atoms with Crippen LogP contribution in [0.15, 0.2) is 0 Å². The minimum absolute atomic E-state index is 0.0578. The van der Waals surface area contributed by atoms with Gasteiger partial charge in [-0.2, -0.15) is 0 Å². The van der Waals surface area contributed by atoms with E-state index in [1.54, 1.807) is 0 Å². The molecule has 2 fully saturated rings. The van der Waals surface area contributed by atoms with Crippen molar-refractivity contribution in [3.63, 3.8) is 0 Å². The van der Waals surface area contributed by atoms with Gasteiger partial charge in [0, 0.05) is 19.5 Å². The van der Waals surface area contributed by atoms with Gasteiger partial charge < -0.3 is 14.4 Å². The van der Waals surface area contributed by atoms with Gasteiger partial charge in [0.25, 0.3) is 0 Å². The molecule has 0 unspecified atom stereocenters. The summed E-state index contributed by atoms with van der Waals surface area (Å²) < 4.78 is 11.1. The van der Waals surface area contributed by atoms with Crippen molar-refractivity contribution in [2.75, 3.05) is 32.8 Å². The molecule has 2 aliphatic rings. The van der Waals surface area contributed by atoms with E-state index in [0.29, 0.717) is 5.41 Å². The smallest absolute Gasteiger partial charge is 0.158 e. The normalized spacial score (nSPS) is 28.4. The van der Waals surface area contributed by atoms with Crippen LogP contribution in [0.4, 0.5) is 0 Å². The number of likely N-dealkylation sites (tertiary alicyclic amines) is 1. The molecule has 0 spiro atoms. The maximum Gasteiger partial charge on any atom is 0.158 e.